The number of nitrogens with zero attached hydrogens (tertiary/aromatic N) is 1. The molecule has 3 N–H and O–H groups in total. The molecule has 0 radical (unpaired) electrons. The van der Waals surface area contributed by atoms with Gasteiger partial charge in [0.25, 0.3) is 5.91 Å². The second-order valence-corrected chi connectivity index (χ2v) is 4.99. The summed E-state index contributed by atoms with van der Waals surface area (Å²) in [4.78, 5) is 15.8. The van der Waals surface area contributed by atoms with Crippen LogP contribution in [0.1, 0.15) is 28.8 Å². The van der Waals surface area contributed by atoms with Crippen LogP contribution in [0.5, 0.6) is 0 Å². The third-order valence-electron chi connectivity index (χ3n) is 3.45. The third kappa shape index (κ3) is 5.32. The van der Waals surface area contributed by atoms with E-state index in [0.717, 1.165) is 24.4 Å². The maximum atomic E-state index is 11.6. The molecule has 0 fully saturated rings. The summed E-state index contributed by atoms with van der Waals surface area (Å²) in [5.74, 6) is 0.713. The Kier molecular flexibility index (Phi) is 7.94. The maximum absolute atomic E-state index is 11.6. The molecule has 6 heteroatoms. The quantitative estimate of drug-likeness (QED) is 0.306. The first kappa shape index (κ1) is 18.5. The van der Waals surface area contributed by atoms with Crippen LogP contribution in [0.4, 0.5) is 0 Å². The summed E-state index contributed by atoms with van der Waals surface area (Å²) in [6, 6.07) is 7.99. The van der Waals surface area contributed by atoms with Gasteiger partial charge in [-0.05, 0) is 30.5 Å². The van der Waals surface area contributed by atoms with E-state index in [0.29, 0.717) is 18.2 Å². The summed E-state index contributed by atoms with van der Waals surface area (Å²) in [6.07, 6.45) is 6.43. The van der Waals surface area contributed by atoms with Crippen molar-refractivity contribution in [3.63, 3.8) is 0 Å². The minimum Gasteiger partial charge on any atom is -0.355 e. The number of hydrogen-bond acceptors (Lipinski definition) is 2. The lowest BCUT2D eigenvalue weighted by Crippen LogP contribution is -2.42. The van der Waals surface area contributed by atoms with Gasteiger partial charge in [-0.1, -0.05) is 24.3 Å². The Morgan fingerprint density at radius 3 is 2.68 bits per heavy atom. The lowest BCUT2D eigenvalue weighted by Gasteiger charge is -2.17. The van der Waals surface area contributed by atoms with Gasteiger partial charge in [0, 0.05) is 32.2 Å². The molecule has 5 nitrogen and oxygen atoms in total. The highest BCUT2D eigenvalue weighted by atomic mass is 127. The first-order chi connectivity index (χ1) is 10.2. The number of carbonyl (C=O) groups excluding carboxylic acids is 1. The smallest absolute Gasteiger partial charge is 0.251 e. The number of benzene rings is 1. The van der Waals surface area contributed by atoms with Gasteiger partial charge in [0.15, 0.2) is 5.96 Å². The largest absolute Gasteiger partial charge is 0.355 e. The normalized spacial score (nSPS) is 14.4. The molecule has 22 heavy (non-hydrogen) atoms. The van der Waals surface area contributed by atoms with E-state index in [2.05, 4.69) is 33.1 Å². The van der Waals surface area contributed by atoms with E-state index in [1.165, 1.54) is 0 Å². The Morgan fingerprint density at radius 2 is 2.05 bits per heavy atom. The number of aliphatic imine (C=N–C) groups is 1. The zero-order chi connectivity index (χ0) is 15.1. The lowest BCUT2D eigenvalue weighted by atomic mass is 10.1. The fourth-order valence-electron chi connectivity index (χ4n) is 2.28. The van der Waals surface area contributed by atoms with Crippen LogP contribution >= 0.6 is 24.0 Å². The highest BCUT2D eigenvalue weighted by Gasteiger charge is 2.11. The van der Waals surface area contributed by atoms with Gasteiger partial charge in [-0.15, -0.1) is 24.0 Å². The van der Waals surface area contributed by atoms with Crippen molar-refractivity contribution in [2.24, 2.45) is 4.99 Å². The Hall–Kier alpha value is -1.57. The second kappa shape index (κ2) is 9.45. The van der Waals surface area contributed by atoms with Gasteiger partial charge in [0.2, 0.25) is 0 Å². The minimum atomic E-state index is -0.0728. The van der Waals surface area contributed by atoms with Crippen molar-refractivity contribution in [1.29, 1.82) is 0 Å². The van der Waals surface area contributed by atoms with Crippen molar-refractivity contribution in [2.75, 3.05) is 14.1 Å². The predicted octanol–water partition coefficient (Wildman–Crippen LogP) is 2.05. The molecule has 1 aliphatic rings. The van der Waals surface area contributed by atoms with Crippen molar-refractivity contribution in [2.45, 2.75) is 25.4 Å². The molecule has 1 amide bonds. The van der Waals surface area contributed by atoms with E-state index in [4.69, 9.17) is 0 Å². The van der Waals surface area contributed by atoms with Gasteiger partial charge in [-0.3, -0.25) is 9.79 Å². The van der Waals surface area contributed by atoms with E-state index in [-0.39, 0.29) is 29.9 Å². The van der Waals surface area contributed by atoms with Gasteiger partial charge >= 0.3 is 0 Å². The highest BCUT2D eigenvalue weighted by Crippen LogP contribution is 2.09. The summed E-state index contributed by atoms with van der Waals surface area (Å²) in [5.41, 5.74) is 1.71. The van der Waals surface area contributed by atoms with Gasteiger partial charge in [0.05, 0.1) is 0 Å². The summed E-state index contributed by atoms with van der Waals surface area (Å²) < 4.78 is 0. The van der Waals surface area contributed by atoms with Crippen molar-refractivity contribution in [3.8, 4) is 0 Å². The summed E-state index contributed by atoms with van der Waals surface area (Å²) in [7, 11) is 3.40. The van der Waals surface area contributed by atoms with E-state index in [1.807, 2.05) is 18.2 Å². The first-order valence-corrected chi connectivity index (χ1v) is 7.16. The maximum Gasteiger partial charge on any atom is 0.251 e. The van der Waals surface area contributed by atoms with Crippen LogP contribution in [0.25, 0.3) is 0 Å². The summed E-state index contributed by atoms with van der Waals surface area (Å²) in [5, 5.41) is 9.29. The second-order valence-electron chi connectivity index (χ2n) is 4.99. The third-order valence-corrected chi connectivity index (χ3v) is 3.45. The zero-order valence-electron chi connectivity index (χ0n) is 12.9. The Morgan fingerprint density at radius 1 is 1.32 bits per heavy atom. The van der Waals surface area contributed by atoms with Crippen LogP contribution in [-0.2, 0) is 6.54 Å². The SMILES string of the molecule is CN=C(NCc1cccc(C(=O)NC)c1)NC1CC=CC1.I. The van der Waals surface area contributed by atoms with Crippen LogP contribution in [0.2, 0.25) is 0 Å². The summed E-state index contributed by atoms with van der Waals surface area (Å²) >= 11 is 0. The van der Waals surface area contributed by atoms with Gasteiger partial charge in [-0.2, -0.15) is 0 Å². The van der Waals surface area contributed by atoms with Gasteiger partial charge in [-0.25, -0.2) is 0 Å². The minimum absolute atomic E-state index is 0. The van der Waals surface area contributed by atoms with Crippen molar-refractivity contribution >= 4 is 35.8 Å². The Balaban J connectivity index is 0.00000242. The molecule has 0 unspecified atom stereocenters. The monoisotopic (exact) mass is 414 g/mol. The van der Waals surface area contributed by atoms with Crippen LogP contribution in [0.15, 0.2) is 41.4 Å². The molecule has 120 valence electrons. The molecule has 0 atom stereocenters. The molecule has 0 bridgehead atoms. The van der Waals surface area contributed by atoms with E-state index in [1.54, 1.807) is 20.2 Å². The Bertz CT molecular complexity index is 549. The molecular weight excluding hydrogens is 391 g/mol. The number of rotatable bonds is 4. The lowest BCUT2D eigenvalue weighted by molar-refractivity contribution is 0.0963. The van der Waals surface area contributed by atoms with Crippen molar-refractivity contribution in [3.05, 3.63) is 47.5 Å². The van der Waals surface area contributed by atoms with Crippen LogP contribution in [0, 0.1) is 0 Å². The van der Waals surface area contributed by atoms with E-state index >= 15 is 0 Å². The molecule has 0 spiro atoms. The molecule has 1 aromatic carbocycles. The van der Waals surface area contributed by atoms with Gasteiger partial charge < -0.3 is 16.0 Å². The molecule has 1 aliphatic carbocycles. The molecule has 1 aromatic rings. The Labute approximate surface area is 148 Å². The number of hydrogen-bond donors (Lipinski definition) is 3. The number of carbonyl (C=O) groups is 1. The molecule has 0 saturated carbocycles. The van der Waals surface area contributed by atoms with Crippen molar-refractivity contribution < 1.29 is 4.79 Å². The van der Waals surface area contributed by atoms with Crippen LogP contribution in [0.3, 0.4) is 0 Å². The van der Waals surface area contributed by atoms with E-state index in [9.17, 15) is 4.79 Å². The van der Waals surface area contributed by atoms with Crippen LogP contribution < -0.4 is 16.0 Å². The number of guanidine groups is 1. The zero-order valence-corrected chi connectivity index (χ0v) is 15.3. The predicted molar refractivity (Wildman–Crippen MR) is 101 cm³/mol. The van der Waals surface area contributed by atoms with E-state index < -0.39 is 0 Å². The number of halogens is 1. The van der Waals surface area contributed by atoms with Crippen LogP contribution in [-0.4, -0.2) is 32.0 Å². The number of nitrogens with one attached hydrogen (secondary N) is 3. The average Bonchev–Trinajstić information content (AvgIpc) is 3.03. The van der Waals surface area contributed by atoms with Gasteiger partial charge in [0.1, 0.15) is 0 Å². The number of amides is 1. The molecule has 0 aliphatic heterocycles. The fourth-order valence-corrected chi connectivity index (χ4v) is 2.28. The first-order valence-electron chi connectivity index (χ1n) is 7.16. The molecule has 0 saturated heterocycles. The topological polar surface area (TPSA) is 65.5 Å². The molecule has 0 aromatic heterocycles. The summed E-state index contributed by atoms with van der Waals surface area (Å²) in [6.45, 7) is 0.630. The van der Waals surface area contributed by atoms with Crippen molar-refractivity contribution in [1.82, 2.24) is 16.0 Å². The average molecular weight is 414 g/mol. The molecule has 2 rings (SSSR count). The molecule has 0 heterocycles. The standard InChI is InChI=1S/C16H22N4O.HI/c1-17-15(21)13-7-5-6-12(10-13)11-19-16(18-2)20-14-8-3-4-9-14;/h3-7,10,14H,8-9,11H2,1-2H3,(H,17,21)(H2,18,19,20);1H. The highest BCUT2D eigenvalue weighted by molar-refractivity contribution is 14.0. The molecular formula is C16H23IN4O. The fraction of sp³-hybridized carbons (Fsp3) is 0.375.